The molecule has 1 aromatic carbocycles. The van der Waals surface area contributed by atoms with Crippen LogP contribution in [-0.4, -0.2) is 55.3 Å². The van der Waals surface area contributed by atoms with Crippen molar-refractivity contribution in [1.82, 2.24) is 4.90 Å². The number of amides is 1. The summed E-state index contributed by atoms with van der Waals surface area (Å²) in [7, 11) is 4.40. The molecule has 1 amide bonds. The number of likely N-dealkylation sites (tertiary alicyclic amines) is 1. The van der Waals surface area contributed by atoms with Crippen molar-refractivity contribution < 1.29 is 28.9 Å². The zero-order valence-corrected chi connectivity index (χ0v) is 13.7. The van der Waals surface area contributed by atoms with Gasteiger partial charge in [-0.3, -0.25) is 4.79 Å². The average Bonchev–Trinajstić information content (AvgIpc) is 2.96. The van der Waals surface area contributed by atoms with E-state index in [-0.39, 0.29) is 5.56 Å². The fraction of sp³-hybridized carbons (Fsp3) is 0.500. The van der Waals surface area contributed by atoms with Gasteiger partial charge < -0.3 is 24.2 Å². The van der Waals surface area contributed by atoms with Gasteiger partial charge in [-0.25, -0.2) is 4.79 Å². The number of aliphatic carboxylic acids is 1. The minimum Gasteiger partial charge on any atom is -0.496 e. The maximum Gasteiger partial charge on any atom is 0.329 e. The van der Waals surface area contributed by atoms with Gasteiger partial charge >= 0.3 is 5.97 Å². The third-order valence-corrected chi connectivity index (χ3v) is 4.28. The number of benzene rings is 1. The first-order valence-electron chi connectivity index (χ1n) is 7.24. The third kappa shape index (κ3) is 2.78. The van der Waals surface area contributed by atoms with E-state index >= 15 is 0 Å². The monoisotopic (exact) mass is 323 g/mol. The molecule has 7 heteroatoms. The highest BCUT2D eigenvalue weighted by atomic mass is 16.5. The number of carboxylic acids is 1. The molecule has 0 aromatic heterocycles. The van der Waals surface area contributed by atoms with Gasteiger partial charge in [-0.2, -0.15) is 0 Å². The normalized spacial score (nSPS) is 20.3. The van der Waals surface area contributed by atoms with Crippen molar-refractivity contribution >= 4 is 11.9 Å². The molecule has 1 saturated heterocycles. The van der Waals surface area contributed by atoms with Crippen LogP contribution in [0.2, 0.25) is 0 Å². The van der Waals surface area contributed by atoms with Gasteiger partial charge in [-0.05, 0) is 19.8 Å². The van der Waals surface area contributed by atoms with Crippen LogP contribution in [0, 0.1) is 0 Å². The van der Waals surface area contributed by atoms with E-state index in [1.54, 1.807) is 13.0 Å². The molecule has 0 spiro atoms. The van der Waals surface area contributed by atoms with Crippen molar-refractivity contribution in [2.75, 3.05) is 27.9 Å². The predicted octanol–water partition coefficient (Wildman–Crippen LogP) is 1.79. The molecule has 23 heavy (non-hydrogen) atoms. The van der Waals surface area contributed by atoms with E-state index in [0.717, 1.165) is 0 Å². The van der Waals surface area contributed by atoms with Crippen LogP contribution in [-0.2, 0) is 4.79 Å². The highest BCUT2D eigenvalue weighted by Crippen LogP contribution is 2.38. The Labute approximate surface area is 134 Å². The van der Waals surface area contributed by atoms with Crippen LogP contribution in [0.3, 0.4) is 0 Å². The fourth-order valence-electron chi connectivity index (χ4n) is 2.85. The molecule has 0 aliphatic carbocycles. The summed E-state index contributed by atoms with van der Waals surface area (Å²) in [4.78, 5) is 25.9. The van der Waals surface area contributed by atoms with E-state index in [4.69, 9.17) is 14.2 Å². The maximum absolute atomic E-state index is 12.9. The summed E-state index contributed by atoms with van der Waals surface area (Å²) in [6.07, 6.45) is 1.06. The second-order valence-electron chi connectivity index (χ2n) is 5.55. The molecule has 0 bridgehead atoms. The van der Waals surface area contributed by atoms with Crippen molar-refractivity contribution in [1.29, 1.82) is 0 Å². The Kier molecular flexibility index (Phi) is 4.68. The number of rotatable bonds is 5. The van der Waals surface area contributed by atoms with Crippen molar-refractivity contribution in [3.8, 4) is 17.2 Å². The lowest BCUT2D eigenvalue weighted by Crippen LogP contribution is -2.50. The molecule has 1 atom stereocenters. The first-order chi connectivity index (χ1) is 10.9. The number of ether oxygens (including phenoxy) is 3. The Hall–Kier alpha value is -2.44. The second kappa shape index (κ2) is 6.36. The van der Waals surface area contributed by atoms with Crippen LogP contribution in [0.15, 0.2) is 12.1 Å². The molecule has 1 N–H and O–H groups in total. The highest BCUT2D eigenvalue weighted by molar-refractivity contribution is 6.01. The second-order valence-corrected chi connectivity index (χ2v) is 5.55. The molecule has 126 valence electrons. The summed E-state index contributed by atoms with van der Waals surface area (Å²) in [6, 6.07) is 3.07. The van der Waals surface area contributed by atoms with Gasteiger partial charge in [0.1, 0.15) is 11.3 Å². The third-order valence-electron chi connectivity index (χ3n) is 4.28. The number of hydrogen-bond acceptors (Lipinski definition) is 5. The Morgan fingerprint density at radius 1 is 1.09 bits per heavy atom. The predicted molar refractivity (Wildman–Crippen MR) is 82.4 cm³/mol. The first-order valence-corrected chi connectivity index (χ1v) is 7.24. The minimum absolute atomic E-state index is 0.250. The standard InChI is InChI=1S/C16H21NO6/c1-16(15(19)20)6-5-7-17(16)14(18)10-8-12(22-3)13(23-4)9-11(10)21-2/h8-9H,5-7H2,1-4H3,(H,19,20)/t16-/m0/s1. The Morgan fingerprint density at radius 2 is 1.65 bits per heavy atom. The van der Waals surface area contributed by atoms with Gasteiger partial charge in [-0.1, -0.05) is 0 Å². The van der Waals surface area contributed by atoms with Crippen LogP contribution in [0.1, 0.15) is 30.1 Å². The maximum atomic E-state index is 12.9. The molecule has 0 saturated carbocycles. The zero-order chi connectivity index (χ0) is 17.2. The number of carbonyl (C=O) groups excluding carboxylic acids is 1. The minimum atomic E-state index is -1.21. The molecular formula is C16H21NO6. The van der Waals surface area contributed by atoms with Crippen molar-refractivity contribution in [3.63, 3.8) is 0 Å². The molecule has 1 aliphatic heterocycles. The lowest BCUT2D eigenvalue weighted by molar-refractivity contribution is -0.147. The molecule has 0 radical (unpaired) electrons. The lowest BCUT2D eigenvalue weighted by Gasteiger charge is -2.31. The summed E-state index contributed by atoms with van der Waals surface area (Å²) < 4.78 is 15.7. The van der Waals surface area contributed by atoms with Crippen LogP contribution in [0.4, 0.5) is 0 Å². The van der Waals surface area contributed by atoms with Gasteiger partial charge in [0.15, 0.2) is 11.5 Å². The van der Waals surface area contributed by atoms with Gasteiger partial charge in [0, 0.05) is 18.7 Å². The molecule has 2 rings (SSSR count). The van der Waals surface area contributed by atoms with E-state index < -0.39 is 17.4 Å². The number of carboxylic acid groups (broad SMARTS) is 1. The van der Waals surface area contributed by atoms with Crippen LogP contribution in [0.25, 0.3) is 0 Å². The summed E-state index contributed by atoms with van der Waals surface area (Å²) in [5.74, 6) is -0.281. The van der Waals surface area contributed by atoms with Crippen LogP contribution in [0.5, 0.6) is 17.2 Å². The molecular weight excluding hydrogens is 302 g/mol. The SMILES string of the molecule is COc1cc(OC)c(C(=O)N2CCC[C@@]2(C)C(=O)O)cc1OC. The Balaban J connectivity index is 2.48. The van der Waals surface area contributed by atoms with Gasteiger partial charge in [0.25, 0.3) is 5.91 Å². The zero-order valence-electron chi connectivity index (χ0n) is 13.7. The van der Waals surface area contributed by atoms with E-state index in [1.807, 2.05) is 0 Å². The topological polar surface area (TPSA) is 85.3 Å². The van der Waals surface area contributed by atoms with Gasteiger partial charge in [0.2, 0.25) is 0 Å². The summed E-state index contributed by atoms with van der Waals surface area (Å²) in [6.45, 7) is 1.95. The van der Waals surface area contributed by atoms with Gasteiger partial charge in [-0.15, -0.1) is 0 Å². The molecule has 1 heterocycles. The van der Waals surface area contributed by atoms with E-state index in [0.29, 0.717) is 36.6 Å². The fourth-order valence-corrected chi connectivity index (χ4v) is 2.85. The number of carbonyl (C=O) groups is 2. The number of hydrogen-bond donors (Lipinski definition) is 1. The summed E-state index contributed by atoms with van der Waals surface area (Å²) in [5.41, 5.74) is -0.963. The molecule has 1 aliphatic rings. The van der Waals surface area contributed by atoms with Crippen molar-refractivity contribution in [3.05, 3.63) is 17.7 Å². The molecule has 0 unspecified atom stereocenters. The Morgan fingerprint density at radius 3 is 2.17 bits per heavy atom. The molecule has 1 fully saturated rings. The largest absolute Gasteiger partial charge is 0.496 e. The number of methoxy groups -OCH3 is 3. The first kappa shape index (κ1) is 16.9. The van der Waals surface area contributed by atoms with Gasteiger partial charge in [0.05, 0.1) is 26.9 Å². The summed E-state index contributed by atoms with van der Waals surface area (Å²) in [5, 5.41) is 9.48. The summed E-state index contributed by atoms with van der Waals surface area (Å²) >= 11 is 0. The van der Waals surface area contributed by atoms with E-state index in [9.17, 15) is 14.7 Å². The molecule has 1 aromatic rings. The Bertz CT molecular complexity index is 629. The molecule has 7 nitrogen and oxygen atoms in total. The van der Waals surface area contributed by atoms with Crippen LogP contribution >= 0.6 is 0 Å². The van der Waals surface area contributed by atoms with Crippen molar-refractivity contribution in [2.24, 2.45) is 0 Å². The number of nitrogens with zero attached hydrogens (tertiary/aromatic N) is 1. The van der Waals surface area contributed by atoms with Crippen molar-refractivity contribution in [2.45, 2.75) is 25.3 Å². The quantitative estimate of drug-likeness (QED) is 0.889. The average molecular weight is 323 g/mol. The highest BCUT2D eigenvalue weighted by Gasteiger charge is 2.46. The lowest BCUT2D eigenvalue weighted by atomic mass is 9.98. The smallest absolute Gasteiger partial charge is 0.329 e. The van der Waals surface area contributed by atoms with E-state index in [2.05, 4.69) is 0 Å². The van der Waals surface area contributed by atoms with E-state index in [1.165, 1.54) is 32.3 Å². The van der Waals surface area contributed by atoms with Crippen LogP contribution < -0.4 is 14.2 Å².